The number of aromatic nitrogens is 1. The van der Waals surface area contributed by atoms with Gasteiger partial charge < -0.3 is 16.4 Å². The zero-order chi connectivity index (χ0) is 14.4. The van der Waals surface area contributed by atoms with Crippen molar-refractivity contribution in [2.24, 2.45) is 5.92 Å². The summed E-state index contributed by atoms with van der Waals surface area (Å²) in [5.41, 5.74) is 6.26. The summed E-state index contributed by atoms with van der Waals surface area (Å²) in [4.78, 5) is 12.1. The van der Waals surface area contributed by atoms with Gasteiger partial charge in [-0.15, -0.1) is 0 Å². The van der Waals surface area contributed by atoms with Crippen molar-refractivity contribution in [2.45, 2.75) is 46.6 Å². The molecule has 0 aliphatic heterocycles. The fourth-order valence-corrected chi connectivity index (χ4v) is 2.51. The van der Waals surface area contributed by atoms with Crippen LogP contribution in [0, 0.1) is 5.92 Å². The number of hydrogen-bond acceptors (Lipinski definition) is 5. The number of nitrogens with one attached hydrogen (secondary N) is 2. The van der Waals surface area contributed by atoms with Gasteiger partial charge in [-0.3, -0.25) is 4.79 Å². The van der Waals surface area contributed by atoms with Gasteiger partial charge in [-0.2, -0.15) is 4.37 Å². The zero-order valence-electron chi connectivity index (χ0n) is 12.1. The lowest BCUT2D eigenvalue weighted by Crippen LogP contribution is -2.31. The summed E-state index contributed by atoms with van der Waals surface area (Å²) in [6, 6.07) is 0.0821. The van der Waals surface area contributed by atoms with Crippen LogP contribution in [0.4, 0.5) is 10.8 Å². The molecule has 0 aliphatic carbocycles. The quantitative estimate of drug-likeness (QED) is 0.719. The predicted molar refractivity (Wildman–Crippen MR) is 81.7 cm³/mol. The summed E-state index contributed by atoms with van der Waals surface area (Å²) in [6.07, 6.45) is 2.23. The van der Waals surface area contributed by atoms with Crippen LogP contribution < -0.4 is 16.4 Å². The molecule has 0 fully saturated rings. The number of nitrogens with zero attached hydrogens (tertiary/aromatic N) is 1. The van der Waals surface area contributed by atoms with Crippen LogP contribution in [0.3, 0.4) is 0 Å². The van der Waals surface area contributed by atoms with Gasteiger partial charge in [-0.05, 0) is 31.3 Å². The number of nitrogen functional groups attached to an aromatic ring is 1. The SMILES string of the molecule is CCC(CC)CNc1snc(N)c1C(=O)NC(C)C. The molecule has 5 nitrogen and oxygen atoms in total. The Morgan fingerprint density at radius 1 is 1.37 bits per heavy atom. The highest BCUT2D eigenvalue weighted by atomic mass is 32.1. The topological polar surface area (TPSA) is 80.0 Å². The molecule has 1 rings (SSSR count). The van der Waals surface area contributed by atoms with Crippen LogP contribution in [0.15, 0.2) is 0 Å². The van der Waals surface area contributed by atoms with Crippen LogP contribution in [0.1, 0.15) is 50.9 Å². The van der Waals surface area contributed by atoms with E-state index in [4.69, 9.17) is 5.73 Å². The third-order valence-electron chi connectivity index (χ3n) is 3.07. The maximum absolute atomic E-state index is 12.1. The van der Waals surface area contributed by atoms with Gasteiger partial charge >= 0.3 is 0 Å². The summed E-state index contributed by atoms with van der Waals surface area (Å²) in [7, 11) is 0. The van der Waals surface area contributed by atoms with Gasteiger partial charge in [-0.1, -0.05) is 26.7 Å². The molecular weight excluding hydrogens is 260 g/mol. The summed E-state index contributed by atoms with van der Waals surface area (Å²) in [6.45, 7) is 9.03. The first-order valence-corrected chi connectivity index (χ1v) is 7.56. The molecule has 0 saturated heterocycles. The Morgan fingerprint density at radius 3 is 2.53 bits per heavy atom. The largest absolute Gasteiger partial charge is 0.382 e. The molecule has 19 heavy (non-hydrogen) atoms. The monoisotopic (exact) mass is 284 g/mol. The average Bonchev–Trinajstić information content (AvgIpc) is 2.71. The van der Waals surface area contributed by atoms with E-state index in [1.807, 2.05) is 13.8 Å². The standard InChI is InChI=1S/C13H24N4OS/c1-5-9(6-2)7-15-13-10(11(14)17-19-13)12(18)16-8(3)4/h8-9,15H,5-7H2,1-4H3,(H2,14,17)(H,16,18). The molecule has 0 spiro atoms. The van der Waals surface area contributed by atoms with Crippen molar-refractivity contribution in [2.75, 3.05) is 17.6 Å². The van der Waals surface area contributed by atoms with Crippen molar-refractivity contribution in [3.63, 3.8) is 0 Å². The molecule has 0 saturated carbocycles. The number of hydrogen-bond donors (Lipinski definition) is 3. The average molecular weight is 284 g/mol. The van der Waals surface area contributed by atoms with Crippen LogP contribution in [-0.4, -0.2) is 22.9 Å². The van der Waals surface area contributed by atoms with Gasteiger partial charge in [0.1, 0.15) is 10.6 Å². The highest BCUT2D eigenvalue weighted by molar-refractivity contribution is 7.11. The lowest BCUT2D eigenvalue weighted by atomic mass is 10.0. The van der Waals surface area contributed by atoms with Crippen molar-refractivity contribution in [1.82, 2.24) is 9.69 Å². The summed E-state index contributed by atoms with van der Waals surface area (Å²) in [5, 5.41) is 6.92. The highest BCUT2D eigenvalue weighted by Crippen LogP contribution is 2.27. The van der Waals surface area contributed by atoms with E-state index < -0.39 is 0 Å². The lowest BCUT2D eigenvalue weighted by Gasteiger charge is -2.14. The molecule has 0 aromatic carbocycles. The van der Waals surface area contributed by atoms with Crippen molar-refractivity contribution < 1.29 is 4.79 Å². The lowest BCUT2D eigenvalue weighted by molar-refractivity contribution is 0.0945. The van der Waals surface area contributed by atoms with Crippen molar-refractivity contribution in [3.05, 3.63) is 5.56 Å². The Morgan fingerprint density at radius 2 is 2.00 bits per heavy atom. The number of carbonyl (C=O) groups excluding carboxylic acids is 1. The molecule has 1 aromatic rings. The predicted octanol–water partition coefficient (Wildman–Crippen LogP) is 2.71. The van der Waals surface area contributed by atoms with Gasteiger partial charge in [0.25, 0.3) is 5.91 Å². The molecule has 0 unspecified atom stereocenters. The second-order valence-electron chi connectivity index (χ2n) is 4.96. The van der Waals surface area contributed by atoms with Crippen LogP contribution in [0.25, 0.3) is 0 Å². The molecule has 1 amide bonds. The van der Waals surface area contributed by atoms with E-state index in [2.05, 4.69) is 28.9 Å². The first-order chi connectivity index (χ1) is 8.99. The number of carbonyl (C=O) groups is 1. The molecule has 1 aromatic heterocycles. The molecule has 0 aliphatic rings. The first-order valence-electron chi connectivity index (χ1n) is 6.79. The maximum atomic E-state index is 12.1. The Kier molecular flexibility index (Phi) is 6.08. The van der Waals surface area contributed by atoms with E-state index in [1.165, 1.54) is 11.5 Å². The van der Waals surface area contributed by atoms with Crippen molar-refractivity contribution in [1.29, 1.82) is 0 Å². The van der Waals surface area contributed by atoms with Crippen molar-refractivity contribution >= 4 is 28.3 Å². The van der Waals surface area contributed by atoms with E-state index in [0.29, 0.717) is 17.3 Å². The third-order valence-corrected chi connectivity index (χ3v) is 3.89. The zero-order valence-corrected chi connectivity index (χ0v) is 12.9. The first kappa shape index (κ1) is 15.8. The maximum Gasteiger partial charge on any atom is 0.258 e. The summed E-state index contributed by atoms with van der Waals surface area (Å²) >= 11 is 1.25. The second kappa shape index (κ2) is 7.33. The molecule has 0 atom stereocenters. The van der Waals surface area contributed by atoms with Crippen LogP contribution in [-0.2, 0) is 0 Å². The van der Waals surface area contributed by atoms with E-state index in [0.717, 1.165) is 24.4 Å². The minimum atomic E-state index is -0.159. The van der Waals surface area contributed by atoms with Crippen LogP contribution in [0.5, 0.6) is 0 Å². The number of rotatable bonds is 7. The van der Waals surface area contributed by atoms with E-state index in [-0.39, 0.29) is 11.9 Å². The van der Waals surface area contributed by atoms with E-state index in [1.54, 1.807) is 0 Å². The van der Waals surface area contributed by atoms with Crippen LogP contribution >= 0.6 is 11.5 Å². The van der Waals surface area contributed by atoms with Crippen LogP contribution in [0.2, 0.25) is 0 Å². The highest BCUT2D eigenvalue weighted by Gasteiger charge is 2.20. The van der Waals surface area contributed by atoms with Gasteiger partial charge in [-0.25, -0.2) is 0 Å². The third kappa shape index (κ3) is 4.38. The van der Waals surface area contributed by atoms with E-state index in [9.17, 15) is 4.79 Å². The smallest absolute Gasteiger partial charge is 0.258 e. The molecule has 1 heterocycles. The molecule has 4 N–H and O–H groups in total. The fourth-order valence-electron chi connectivity index (χ4n) is 1.79. The Bertz CT molecular complexity index is 413. The van der Waals surface area contributed by atoms with E-state index >= 15 is 0 Å². The number of nitrogens with two attached hydrogens (primary N) is 1. The minimum absolute atomic E-state index is 0.0821. The Hall–Kier alpha value is -1.30. The Balaban J connectivity index is 2.77. The molecule has 0 bridgehead atoms. The molecule has 108 valence electrons. The Labute approximate surface area is 119 Å². The number of anilines is 2. The minimum Gasteiger partial charge on any atom is -0.382 e. The summed E-state index contributed by atoms with van der Waals surface area (Å²) < 4.78 is 4.07. The molecular formula is C13H24N4OS. The molecule has 6 heteroatoms. The second-order valence-corrected chi connectivity index (χ2v) is 5.74. The van der Waals surface area contributed by atoms with Crippen molar-refractivity contribution in [3.8, 4) is 0 Å². The summed E-state index contributed by atoms with van der Waals surface area (Å²) in [5.74, 6) is 0.743. The van der Waals surface area contributed by atoms with Gasteiger partial charge in [0, 0.05) is 12.6 Å². The number of amides is 1. The van der Waals surface area contributed by atoms with Gasteiger partial charge in [0.2, 0.25) is 0 Å². The van der Waals surface area contributed by atoms with Gasteiger partial charge in [0.05, 0.1) is 0 Å². The molecule has 0 radical (unpaired) electrons. The normalized spacial score (nSPS) is 11.1. The fraction of sp³-hybridized carbons (Fsp3) is 0.692. The van der Waals surface area contributed by atoms with Gasteiger partial charge in [0.15, 0.2) is 5.82 Å².